The van der Waals surface area contributed by atoms with E-state index >= 15 is 0 Å². The van der Waals surface area contributed by atoms with Gasteiger partial charge in [0.1, 0.15) is 4.88 Å². The Balaban J connectivity index is 2.04. The Labute approximate surface area is 122 Å². The van der Waals surface area contributed by atoms with Crippen molar-refractivity contribution in [3.63, 3.8) is 0 Å². The zero-order valence-corrected chi connectivity index (χ0v) is 12.3. The number of ether oxygens (including phenoxy) is 1. The van der Waals surface area contributed by atoms with Crippen molar-refractivity contribution in [2.45, 2.75) is 19.4 Å². The zero-order chi connectivity index (χ0) is 14.4. The van der Waals surface area contributed by atoms with Gasteiger partial charge in [0.2, 0.25) is 0 Å². The van der Waals surface area contributed by atoms with Crippen LogP contribution in [0.2, 0.25) is 0 Å². The van der Waals surface area contributed by atoms with Crippen LogP contribution in [-0.4, -0.2) is 31.3 Å². The second-order valence-electron chi connectivity index (χ2n) is 4.59. The van der Waals surface area contributed by atoms with E-state index in [1.807, 2.05) is 24.3 Å². The maximum absolute atomic E-state index is 11.3. The molecule has 0 saturated heterocycles. The maximum atomic E-state index is 11.3. The molecule has 4 nitrogen and oxygen atoms in total. The molecule has 0 fully saturated rings. The average molecular weight is 293 g/mol. The van der Waals surface area contributed by atoms with Gasteiger partial charge in [0.15, 0.2) is 0 Å². The van der Waals surface area contributed by atoms with Crippen LogP contribution in [0.25, 0.3) is 10.1 Å². The van der Waals surface area contributed by atoms with E-state index in [-0.39, 0.29) is 0 Å². The van der Waals surface area contributed by atoms with Gasteiger partial charge in [0.25, 0.3) is 0 Å². The molecule has 108 valence electrons. The SMILES string of the molecule is COCCCCNCc1c(C(=O)O)sc2ccccc12. The number of methoxy groups -OCH3 is 1. The fourth-order valence-electron chi connectivity index (χ4n) is 2.16. The Kier molecular flexibility index (Phi) is 5.52. The predicted octanol–water partition coefficient (Wildman–Crippen LogP) is 3.12. The number of unbranched alkanes of at least 4 members (excludes halogenated alkanes) is 1. The van der Waals surface area contributed by atoms with E-state index in [9.17, 15) is 9.90 Å². The van der Waals surface area contributed by atoms with Gasteiger partial charge in [0, 0.05) is 25.0 Å². The summed E-state index contributed by atoms with van der Waals surface area (Å²) < 4.78 is 6.03. The smallest absolute Gasteiger partial charge is 0.346 e. The Morgan fingerprint density at radius 1 is 1.35 bits per heavy atom. The number of hydrogen-bond donors (Lipinski definition) is 2. The van der Waals surface area contributed by atoms with E-state index in [1.54, 1.807) is 7.11 Å². The van der Waals surface area contributed by atoms with Gasteiger partial charge in [-0.25, -0.2) is 4.79 Å². The van der Waals surface area contributed by atoms with Crippen LogP contribution in [0.4, 0.5) is 0 Å². The number of benzene rings is 1. The van der Waals surface area contributed by atoms with Crippen LogP contribution in [-0.2, 0) is 11.3 Å². The number of carboxylic acid groups (broad SMARTS) is 1. The van der Waals surface area contributed by atoms with Gasteiger partial charge in [-0.2, -0.15) is 0 Å². The number of thiophene rings is 1. The van der Waals surface area contributed by atoms with E-state index in [0.717, 1.165) is 41.6 Å². The first-order valence-electron chi connectivity index (χ1n) is 6.67. The number of carbonyl (C=O) groups is 1. The van der Waals surface area contributed by atoms with Gasteiger partial charge in [-0.05, 0) is 36.4 Å². The lowest BCUT2D eigenvalue weighted by Crippen LogP contribution is -2.16. The van der Waals surface area contributed by atoms with E-state index in [2.05, 4.69) is 5.32 Å². The van der Waals surface area contributed by atoms with Gasteiger partial charge >= 0.3 is 5.97 Å². The molecule has 0 aliphatic heterocycles. The van der Waals surface area contributed by atoms with Crippen molar-refractivity contribution in [2.24, 2.45) is 0 Å². The van der Waals surface area contributed by atoms with Crippen molar-refractivity contribution >= 4 is 27.4 Å². The molecule has 0 aliphatic carbocycles. The predicted molar refractivity (Wildman–Crippen MR) is 81.6 cm³/mol. The van der Waals surface area contributed by atoms with Crippen LogP contribution in [0.5, 0.6) is 0 Å². The fraction of sp³-hybridized carbons (Fsp3) is 0.400. The minimum absolute atomic E-state index is 0.440. The summed E-state index contributed by atoms with van der Waals surface area (Å²) in [6.45, 7) is 2.23. The second kappa shape index (κ2) is 7.38. The summed E-state index contributed by atoms with van der Waals surface area (Å²) in [5.74, 6) is -0.845. The summed E-state index contributed by atoms with van der Waals surface area (Å²) in [6.07, 6.45) is 2.04. The Bertz CT molecular complexity index is 580. The largest absolute Gasteiger partial charge is 0.477 e. The second-order valence-corrected chi connectivity index (χ2v) is 5.64. The minimum atomic E-state index is -0.845. The molecule has 1 heterocycles. The topological polar surface area (TPSA) is 58.6 Å². The third-order valence-electron chi connectivity index (χ3n) is 3.15. The number of nitrogens with one attached hydrogen (secondary N) is 1. The first-order valence-corrected chi connectivity index (χ1v) is 7.49. The highest BCUT2D eigenvalue weighted by atomic mass is 32.1. The molecule has 0 radical (unpaired) electrons. The summed E-state index contributed by atoms with van der Waals surface area (Å²) in [5, 5.41) is 13.7. The van der Waals surface area contributed by atoms with Gasteiger partial charge in [0.05, 0.1) is 0 Å². The molecule has 5 heteroatoms. The van der Waals surface area contributed by atoms with Crippen LogP contribution < -0.4 is 5.32 Å². The summed E-state index contributed by atoms with van der Waals surface area (Å²) in [5.41, 5.74) is 0.893. The molecule has 0 aliphatic rings. The molecule has 0 unspecified atom stereocenters. The highest BCUT2D eigenvalue weighted by molar-refractivity contribution is 7.21. The van der Waals surface area contributed by atoms with Gasteiger partial charge < -0.3 is 15.2 Å². The number of aromatic carboxylic acids is 1. The van der Waals surface area contributed by atoms with Crippen molar-refractivity contribution < 1.29 is 14.6 Å². The van der Waals surface area contributed by atoms with Crippen LogP contribution in [0.1, 0.15) is 28.1 Å². The highest BCUT2D eigenvalue weighted by Gasteiger charge is 2.16. The Morgan fingerprint density at radius 2 is 2.15 bits per heavy atom. The lowest BCUT2D eigenvalue weighted by Gasteiger charge is -2.05. The molecule has 0 atom stereocenters. The molecule has 20 heavy (non-hydrogen) atoms. The molecule has 0 saturated carbocycles. The summed E-state index contributed by atoms with van der Waals surface area (Å²) >= 11 is 1.34. The molecule has 1 aromatic heterocycles. The molecule has 0 bridgehead atoms. The molecule has 0 spiro atoms. The average Bonchev–Trinajstić information content (AvgIpc) is 2.82. The van der Waals surface area contributed by atoms with E-state index in [4.69, 9.17) is 4.74 Å². The maximum Gasteiger partial charge on any atom is 0.346 e. The highest BCUT2D eigenvalue weighted by Crippen LogP contribution is 2.31. The van der Waals surface area contributed by atoms with Crippen molar-refractivity contribution in [1.29, 1.82) is 0 Å². The lowest BCUT2D eigenvalue weighted by molar-refractivity contribution is 0.0701. The van der Waals surface area contributed by atoms with Crippen LogP contribution >= 0.6 is 11.3 Å². The number of carboxylic acids is 1. The first-order chi connectivity index (χ1) is 9.74. The number of fused-ring (bicyclic) bond motifs is 1. The summed E-state index contributed by atoms with van der Waals surface area (Å²) in [4.78, 5) is 11.8. The van der Waals surface area contributed by atoms with Crippen molar-refractivity contribution in [1.82, 2.24) is 5.32 Å². The first kappa shape index (κ1) is 15.0. The van der Waals surface area contributed by atoms with Gasteiger partial charge in [-0.1, -0.05) is 18.2 Å². The summed E-state index contributed by atoms with van der Waals surface area (Å²) in [7, 11) is 1.70. The van der Waals surface area contributed by atoms with Crippen LogP contribution in [0, 0.1) is 0 Å². The Morgan fingerprint density at radius 3 is 2.90 bits per heavy atom. The van der Waals surface area contributed by atoms with E-state index in [0.29, 0.717) is 11.4 Å². The minimum Gasteiger partial charge on any atom is -0.477 e. The third-order valence-corrected chi connectivity index (χ3v) is 4.35. The zero-order valence-electron chi connectivity index (χ0n) is 11.5. The normalized spacial score (nSPS) is 11.1. The molecule has 2 aromatic rings. The molecular formula is C15H19NO3S. The van der Waals surface area contributed by atoms with Crippen molar-refractivity contribution in [2.75, 3.05) is 20.3 Å². The lowest BCUT2D eigenvalue weighted by atomic mass is 10.1. The molecule has 1 aromatic carbocycles. The van der Waals surface area contributed by atoms with E-state index in [1.165, 1.54) is 11.3 Å². The number of hydrogen-bond acceptors (Lipinski definition) is 4. The van der Waals surface area contributed by atoms with Gasteiger partial charge in [-0.15, -0.1) is 11.3 Å². The van der Waals surface area contributed by atoms with Crippen molar-refractivity contribution in [3.8, 4) is 0 Å². The standard InChI is InChI=1S/C15H19NO3S/c1-19-9-5-4-8-16-10-12-11-6-2-3-7-13(11)20-14(12)15(17)18/h2-3,6-7,16H,4-5,8-10H2,1H3,(H,17,18). The third kappa shape index (κ3) is 3.56. The fourth-order valence-corrected chi connectivity index (χ4v) is 3.22. The monoisotopic (exact) mass is 293 g/mol. The van der Waals surface area contributed by atoms with Crippen molar-refractivity contribution in [3.05, 3.63) is 34.7 Å². The molecule has 2 rings (SSSR count). The quantitative estimate of drug-likeness (QED) is 0.734. The number of rotatable bonds is 8. The van der Waals surface area contributed by atoms with E-state index < -0.39 is 5.97 Å². The van der Waals surface area contributed by atoms with Gasteiger partial charge in [-0.3, -0.25) is 0 Å². The molecule has 2 N–H and O–H groups in total. The summed E-state index contributed by atoms with van der Waals surface area (Å²) in [6, 6.07) is 7.84. The van der Waals surface area contributed by atoms with Crippen LogP contribution in [0.15, 0.2) is 24.3 Å². The Hall–Kier alpha value is -1.43. The van der Waals surface area contributed by atoms with Crippen LogP contribution in [0.3, 0.4) is 0 Å². The molecular weight excluding hydrogens is 274 g/mol. The molecule has 0 amide bonds.